The number of rotatable bonds is 4. The predicted molar refractivity (Wildman–Crippen MR) is 71.4 cm³/mol. The molecule has 0 unspecified atom stereocenters. The van der Waals surface area contributed by atoms with E-state index < -0.39 is 0 Å². The second kappa shape index (κ2) is 5.44. The number of anilines is 1. The van der Waals surface area contributed by atoms with E-state index >= 15 is 0 Å². The Morgan fingerprint density at radius 2 is 2.18 bits per heavy atom. The first-order valence-electron chi connectivity index (χ1n) is 5.15. The molecule has 0 aliphatic heterocycles. The van der Waals surface area contributed by atoms with Crippen LogP contribution in [0, 0.1) is 0 Å². The summed E-state index contributed by atoms with van der Waals surface area (Å²) in [5.41, 5.74) is 6.27. The van der Waals surface area contributed by atoms with E-state index in [1.54, 1.807) is 23.7 Å². The molecular formula is C11H13ClN4S. The van der Waals surface area contributed by atoms with E-state index in [2.05, 4.69) is 9.97 Å². The van der Waals surface area contributed by atoms with Gasteiger partial charge in [-0.3, -0.25) is 4.98 Å². The minimum atomic E-state index is 0.414. The van der Waals surface area contributed by atoms with Crippen LogP contribution in [0.1, 0.15) is 10.6 Å². The van der Waals surface area contributed by atoms with Crippen LogP contribution in [0.3, 0.4) is 0 Å². The molecule has 0 spiro atoms. The fraction of sp³-hybridized carbons (Fsp3) is 0.273. The number of nitrogens with zero attached hydrogens (tertiary/aromatic N) is 3. The Labute approximate surface area is 109 Å². The molecule has 2 N–H and O–H groups in total. The predicted octanol–water partition coefficient (Wildman–Crippen LogP) is 2.29. The first-order valence-corrected chi connectivity index (χ1v) is 6.35. The lowest BCUT2D eigenvalue weighted by molar-refractivity contribution is 0.883. The highest BCUT2D eigenvalue weighted by molar-refractivity contribution is 7.16. The van der Waals surface area contributed by atoms with Crippen molar-refractivity contribution >= 4 is 28.8 Å². The molecule has 6 heteroatoms. The van der Waals surface area contributed by atoms with E-state index in [0.717, 1.165) is 22.4 Å². The lowest BCUT2D eigenvalue weighted by Crippen LogP contribution is -2.17. The van der Waals surface area contributed by atoms with Gasteiger partial charge in [0.15, 0.2) is 0 Å². The van der Waals surface area contributed by atoms with Gasteiger partial charge in [0.1, 0.15) is 5.82 Å². The van der Waals surface area contributed by atoms with Gasteiger partial charge in [-0.25, -0.2) is 4.98 Å². The zero-order valence-corrected chi connectivity index (χ0v) is 11.0. The highest BCUT2D eigenvalue weighted by Gasteiger charge is 2.06. The first-order chi connectivity index (χ1) is 8.19. The summed E-state index contributed by atoms with van der Waals surface area (Å²) in [7, 11) is 1.97. The molecule has 0 fully saturated rings. The van der Waals surface area contributed by atoms with Crippen molar-refractivity contribution in [3.8, 4) is 0 Å². The summed E-state index contributed by atoms with van der Waals surface area (Å²) in [4.78, 5) is 11.7. The van der Waals surface area contributed by atoms with E-state index in [-0.39, 0.29) is 0 Å². The van der Waals surface area contributed by atoms with E-state index in [9.17, 15) is 0 Å². The van der Waals surface area contributed by atoms with Gasteiger partial charge in [-0.05, 0) is 12.1 Å². The van der Waals surface area contributed by atoms with Crippen LogP contribution in [0.4, 0.5) is 5.82 Å². The second-order valence-electron chi connectivity index (χ2n) is 3.63. The van der Waals surface area contributed by atoms with Gasteiger partial charge >= 0.3 is 0 Å². The molecule has 0 radical (unpaired) electrons. The third kappa shape index (κ3) is 3.15. The minimum Gasteiger partial charge on any atom is -0.353 e. The largest absolute Gasteiger partial charge is 0.353 e. The normalized spacial score (nSPS) is 10.5. The lowest BCUT2D eigenvalue weighted by Gasteiger charge is -2.16. The average Bonchev–Trinajstić information content (AvgIpc) is 2.75. The van der Waals surface area contributed by atoms with E-state index in [0.29, 0.717) is 6.54 Å². The van der Waals surface area contributed by atoms with Gasteiger partial charge in [0, 0.05) is 18.5 Å². The minimum absolute atomic E-state index is 0.414. The number of halogens is 1. The maximum absolute atomic E-state index is 5.89. The second-order valence-corrected chi connectivity index (χ2v) is 5.43. The number of hydrogen-bond acceptors (Lipinski definition) is 5. The van der Waals surface area contributed by atoms with Crippen molar-refractivity contribution in [1.82, 2.24) is 9.97 Å². The summed E-state index contributed by atoms with van der Waals surface area (Å²) in [6.07, 6.45) is 3.44. The lowest BCUT2D eigenvalue weighted by atomic mass is 10.4. The van der Waals surface area contributed by atoms with Crippen molar-refractivity contribution in [1.29, 1.82) is 0 Å². The molecule has 0 saturated heterocycles. The van der Waals surface area contributed by atoms with E-state index in [1.165, 1.54) is 4.88 Å². The van der Waals surface area contributed by atoms with Crippen LogP contribution in [0.25, 0.3) is 0 Å². The fourth-order valence-electron chi connectivity index (χ4n) is 1.40. The molecule has 0 bridgehead atoms. The third-order valence-corrected chi connectivity index (χ3v) is 3.53. The summed E-state index contributed by atoms with van der Waals surface area (Å²) in [6, 6.07) is 3.92. The number of hydrogen-bond donors (Lipinski definition) is 1. The van der Waals surface area contributed by atoms with Crippen LogP contribution >= 0.6 is 22.9 Å². The van der Waals surface area contributed by atoms with Gasteiger partial charge < -0.3 is 10.6 Å². The molecule has 0 amide bonds. The Morgan fingerprint density at radius 3 is 2.71 bits per heavy atom. The molecule has 0 atom stereocenters. The van der Waals surface area contributed by atoms with Crippen molar-refractivity contribution in [2.75, 3.05) is 11.9 Å². The zero-order chi connectivity index (χ0) is 12.3. The molecule has 2 rings (SSSR count). The van der Waals surface area contributed by atoms with E-state index in [1.807, 2.05) is 24.1 Å². The summed E-state index contributed by atoms with van der Waals surface area (Å²) >= 11 is 7.46. The van der Waals surface area contributed by atoms with Gasteiger partial charge in [0.05, 0.1) is 29.0 Å². The van der Waals surface area contributed by atoms with Crippen LogP contribution in [-0.4, -0.2) is 17.0 Å². The Balaban J connectivity index is 2.06. The van der Waals surface area contributed by atoms with Crippen LogP contribution < -0.4 is 10.6 Å². The summed E-state index contributed by atoms with van der Waals surface area (Å²) in [5, 5.41) is 0. The highest BCUT2D eigenvalue weighted by Crippen LogP contribution is 2.23. The van der Waals surface area contributed by atoms with Gasteiger partial charge in [-0.2, -0.15) is 0 Å². The molecule has 17 heavy (non-hydrogen) atoms. The monoisotopic (exact) mass is 268 g/mol. The van der Waals surface area contributed by atoms with Crippen LogP contribution in [0.2, 0.25) is 4.34 Å². The average molecular weight is 269 g/mol. The van der Waals surface area contributed by atoms with Crippen molar-refractivity contribution in [3.63, 3.8) is 0 Å². The summed E-state index contributed by atoms with van der Waals surface area (Å²) in [5.74, 6) is 0.826. The highest BCUT2D eigenvalue weighted by atomic mass is 35.5. The zero-order valence-electron chi connectivity index (χ0n) is 9.43. The maximum atomic E-state index is 5.89. The molecule has 90 valence electrons. The van der Waals surface area contributed by atoms with Crippen LogP contribution in [0.5, 0.6) is 0 Å². The van der Waals surface area contributed by atoms with Gasteiger partial charge in [-0.15, -0.1) is 11.3 Å². The molecule has 0 aliphatic carbocycles. The molecule has 2 aromatic heterocycles. The summed E-state index contributed by atoms with van der Waals surface area (Å²) < 4.78 is 0.804. The topological polar surface area (TPSA) is 55.0 Å². The smallest absolute Gasteiger partial charge is 0.147 e. The Bertz CT molecular complexity index is 482. The molecule has 2 aromatic rings. The van der Waals surface area contributed by atoms with Crippen molar-refractivity contribution in [2.45, 2.75) is 13.1 Å². The molecule has 0 aliphatic rings. The molecule has 4 nitrogen and oxygen atoms in total. The maximum Gasteiger partial charge on any atom is 0.147 e. The van der Waals surface area contributed by atoms with Crippen LogP contribution in [-0.2, 0) is 13.1 Å². The summed E-state index contributed by atoms with van der Waals surface area (Å²) in [6.45, 7) is 1.19. The van der Waals surface area contributed by atoms with Gasteiger partial charge in [0.2, 0.25) is 0 Å². The van der Waals surface area contributed by atoms with Crippen molar-refractivity contribution in [2.24, 2.45) is 5.73 Å². The van der Waals surface area contributed by atoms with Gasteiger partial charge in [-0.1, -0.05) is 11.6 Å². The Morgan fingerprint density at radius 1 is 1.35 bits per heavy atom. The third-order valence-electron chi connectivity index (χ3n) is 2.31. The molecule has 2 heterocycles. The number of thiophene rings is 1. The molecular weight excluding hydrogens is 256 g/mol. The number of aromatic nitrogens is 2. The van der Waals surface area contributed by atoms with Crippen molar-refractivity contribution in [3.05, 3.63) is 39.4 Å². The van der Waals surface area contributed by atoms with Crippen LogP contribution in [0.15, 0.2) is 24.5 Å². The standard InChI is InChI=1S/C11H13ClN4S/c1-16(7-9-2-3-10(12)17-9)11-6-14-8(4-13)5-15-11/h2-3,5-6H,4,7,13H2,1H3. The first kappa shape index (κ1) is 12.3. The number of nitrogens with two attached hydrogens (primary N) is 1. The Kier molecular flexibility index (Phi) is 3.93. The van der Waals surface area contributed by atoms with E-state index in [4.69, 9.17) is 17.3 Å². The quantitative estimate of drug-likeness (QED) is 0.924. The fourth-order valence-corrected chi connectivity index (χ4v) is 2.54. The van der Waals surface area contributed by atoms with Gasteiger partial charge in [0.25, 0.3) is 0 Å². The van der Waals surface area contributed by atoms with Crippen molar-refractivity contribution < 1.29 is 0 Å². The molecule has 0 aromatic carbocycles. The SMILES string of the molecule is CN(Cc1ccc(Cl)s1)c1cnc(CN)cn1. The Hall–Kier alpha value is -1.17. The molecule has 0 saturated carbocycles.